The summed E-state index contributed by atoms with van der Waals surface area (Å²) in [5.74, 6) is 0.739. The maximum Gasteiger partial charge on any atom is 0.268 e. The van der Waals surface area contributed by atoms with Gasteiger partial charge in [-0.15, -0.1) is 0 Å². The molecule has 0 aliphatic rings. The summed E-state index contributed by atoms with van der Waals surface area (Å²) in [5, 5.41) is 0. The maximum atomic E-state index is 11.2. The number of hydrogen-bond acceptors (Lipinski definition) is 4. The molecule has 0 radical (unpaired) electrons. The van der Waals surface area contributed by atoms with E-state index in [4.69, 9.17) is 4.74 Å². The van der Waals surface area contributed by atoms with E-state index in [2.05, 4.69) is 30.9 Å². The smallest absolute Gasteiger partial charge is 0.268 e. The lowest BCUT2D eigenvalue weighted by atomic mass is 10.5. The number of pyridine rings is 1. The zero-order valence-corrected chi connectivity index (χ0v) is 9.06. The molecule has 0 aliphatic carbocycles. The lowest BCUT2D eigenvalue weighted by molar-refractivity contribution is 0.455. The van der Waals surface area contributed by atoms with E-state index in [0.717, 1.165) is 0 Å². The van der Waals surface area contributed by atoms with Gasteiger partial charge in [-0.05, 0) is 28.1 Å². The number of ether oxygens (including phenoxy) is 1. The standard InChI is InChI=1S/C9H6BrN3O2/c10-7-8(14)12-5-13-9(7)15-6-2-1-3-11-4-6/h1-5H,(H,12,13,14). The lowest BCUT2D eigenvalue weighted by Gasteiger charge is -2.03. The average Bonchev–Trinajstić information content (AvgIpc) is 2.26. The Balaban J connectivity index is 2.33. The van der Waals surface area contributed by atoms with Gasteiger partial charge in [0, 0.05) is 6.20 Å². The van der Waals surface area contributed by atoms with Crippen LogP contribution in [0.4, 0.5) is 0 Å². The highest BCUT2D eigenvalue weighted by Gasteiger charge is 2.07. The van der Waals surface area contributed by atoms with E-state index in [1.807, 2.05) is 0 Å². The van der Waals surface area contributed by atoms with Gasteiger partial charge in [0.1, 0.15) is 10.2 Å². The predicted molar refractivity (Wildman–Crippen MR) is 56.9 cm³/mol. The van der Waals surface area contributed by atoms with Crippen LogP contribution in [0, 0.1) is 0 Å². The predicted octanol–water partition coefficient (Wildman–Crippen LogP) is 1.72. The minimum absolute atomic E-state index is 0.215. The van der Waals surface area contributed by atoms with Gasteiger partial charge in [0.2, 0.25) is 5.88 Å². The van der Waals surface area contributed by atoms with Crippen molar-refractivity contribution in [3.05, 3.63) is 45.7 Å². The largest absolute Gasteiger partial charge is 0.436 e. The fraction of sp³-hybridized carbons (Fsp3) is 0. The number of H-pyrrole nitrogens is 1. The van der Waals surface area contributed by atoms with Crippen molar-refractivity contribution in [2.75, 3.05) is 0 Å². The topological polar surface area (TPSA) is 67.9 Å². The highest BCUT2D eigenvalue weighted by molar-refractivity contribution is 9.10. The third kappa shape index (κ3) is 2.21. The van der Waals surface area contributed by atoms with E-state index in [9.17, 15) is 4.79 Å². The number of halogens is 1. The molecule has 0 fully saturated rings. The fourth-order valence-electron chi connectivity index (χ4n) is 0.957. The normalized spacial score (nSPS) is 9.93. The first kappa shape index (κ1) is 9.85. The Kier molecular flexibility index (Phi) is 2.77. The quantitative estimate of drug-likeness (QED) is 0.900. The zero-order chi connectivity index (χ0) is 10.7. The highest BCUT2D eigenvalue weighted by Crippen LogP contribution is 2.22. The molecular formula is C9H6BrN3O2. The molecule has 2 aromatic heterocycles. The summed E-state index contributed by atoms with van der Waals surface area (Å²) in [6, 6.07) is 3.46. The number of aromatic nitrogens is 3. The maximum absolute atomic E-state index is 11.2. The van der Waals surface area contributed by atoms with Crippen LogP contribution in [0.5, 0.6) is 11.6 Å². The van der Waals surface area contributed by atoms with Crippen LogP contribution in [0.15, 0.2) is 40.1 Å². The number of rotatable bonds is 2. The Morgan fingerprint density at radius 3 is 3.07 bits per heavy atom. The van der Waals surface area contributed by atoms with Crippen LogP contribution in [0.1, 0.15) is 0 Å². The van der Waals surface area contributed by atoms with Crippen LogP contribution >= 0.6 is 15.9 Å². The van der Waals surface area contributed by atoms with Gasteiger partial charge in [-0.3, -0.25) is 9.78 Å². The molecule has 0 saturated carbocycles. The molecule has 2 aromatic rings. The van der Waals surface area contributed by atoms with E-state index < -0.39 is 0 Å². The van der Waals surface area contributed by atoms with Crippen molar-refractivity contribution in [3.63, 3.8) is 0 Å². The monoisotopic (exact) mass is 267 g/mol. The Hall–Kier alpha value is -1.69. The van der Waals surface area contributed by atoms with Gasteiger partial charge < -0.3 is 9.72 Å². The molecule has 0 bridgehead atoms. The first-order chi connectivity index (χ1) is 7.27. The molecule has 5 nitrogen and oxygen atoms in total. The van der Waals surface area contributed by atoms with Gasteiger partial charge in [-0.25, -0.2) is 4.98 Å². The Labute approximate surface area is 93.3 Å². The molecule has 0 unspecified atom stereocenters. The van der Waals surface area contributed by atoms with Crippen molar-refractivity contribution < 1.29 is 4.74 Å². The molecule has 0 spiro atoms. The van der Waals surface area contributed by atoms with E-state index in [1.165, 1.54) is 12.5 Å². The van der Waals surface area contributed by atoms with Crippen LogP contribution in [0.2, 0.25) is 0 Å². The van der Waals surface area contributed by atoms with Crippen molar-refractivity contribution >= 4 is 15.9 Å². The average molecular weight is 268 g/mol. The van der Waals surface area contributed by atoms with Crippen molar-refractivity contribution in [2.45, 2.75) is 0 Å². The van der Waals surface area contributed by atoms with E-state index in [-0.39, 0.29) is 15.9 Å². The van der Waals surface area contributed by atoms with Crippen molar-refractivity contribution in [2.24, 2.45) is 0 Å². The first-order valence-corrected chi connectivity index (χ1v) is 4.88. The number of aromatic amines is 1. The Morgan fingerprint density at radius 1 is 1.47 bits per heavy atom. The Morgan fingerprint density at radius 2 is 2.33 bits per heavy atom. The van der Waals surface area contributed by atoms with Gasteiger partial charge in [0.15, 0.2) is 0 Å². The van der Waals surface area contributed by atoms with E-state index in [0.29, 0.717) is 5.75 Å². The van der Waals surface area contributed by atoms with E-state index >= 15 is 0 Å². The molecule has 0 aliphatic heterocycles. The van der Waals surface area contributed by atoms with Gasteiger partial charge in [0.05, 0.1) is 12.5 Å². The lowest BCUT2D eigenvalue weighted by Crippen LogP contribution is -2.08. The SMILES string of the molecule is O=c1[nH]cnc(Oc2cccnc2)c1Br. The van der Waals surface area contributed by atoms with Gasteiger partial charge in [0.25, 0.3) is 5.56 Å². The second-order valence-electron chi connectivity index (χ2n) is 2.64. The second kappa shape index (κ2) is 4.22. The molecule has 6 heteroatoms. The minimum atomic E-state index is -0.288. The molecule has 0 atom stereocenters. The van der Waals surface area contributed by atoms with Crippen molar-refractivity contribution in [1.29, 1.82) is 0 Å². The van der Waals surface area contributed by atoms with Crippen molar-refractivity contribution in [3.8, 4) is 11.6 Å². The van der Waals surface area contributed by atoms with Crippen LogP contribution < -0.4 is 10.3 Å². The molecule has 76 valence electrons. The van der Waals surface area contributed by atoms with Crippen LogP contribution in [-0.2, 0) is 0 Å². The molecule has 15 heavy (non-hydrogen) atoms. The minimum Gasteiger partial charge on any atom is -0.436 e. The van der Waals surface area contributed by atoms with Gasteiger partial charge in [-0.2, -0.15) is 0 Å². The number of nitrogens with one attached hydrogen (secondary N) is 1. The molecular weight excluding hydrogens is 262 g/mol. The summed E-state index contributed by atoms with van der Waals surface area (Å²) in [4.78, 5) is 21.4. The Bertz CT molecular complexity index is 512. The summed E-state index contributed by atoms with van der Waals surface area (Å²) in [7, 11) is 0. The van der Waals surface area contributed by atoms with Crippen LogP contribution in [0.3, 0.4) is 0 Å². The molecule has 1 N–H and O–H groups in total. The van der Waals surface area contributed by atoms with Crippen LogP contribution in [-0.4, -0.2) is 15.0 Å². The van der Waals surface area contributed by atoms with E-state index in [1.54, 1.807) is 18.3 Å². The third-order valence-electron chi connectivity index (χ3n) is 1.61. The van der Waals surface area contributed by atoms with Crippen LogP contribution in [0.25, 0.3) is 0 Å². The second-order valence-corrected chi connectivity index (χ2v) is 3.43. The van der Waals surface area contributed by atoms with Gasteiger partial charge >= 0.3 is 0 Å². The number of hydrogen-bond donors (Lipinski definition) is 1. The molecule has 0 saturated heterocycles. The summed E-state index contributed by atoms with van der Waals surface area (Å²) in [6.45, 7) is 0. The fourth-order valence-corrected chi connectivity index (χ4v) is 1.25. The summed E-state index contributed by atoms with van der Waals surface area (Å²) < 4.78 is 5.61. The summed E-state index contributed by atoms with van der Waals surface area (Å²) in [5.41, 5.74) is -0.288. The van der Waals surface area contributed by atoms with Gasteiger partial charge in [-0.1, -0.05) is 0 Å². The highest BCUT2D eigenvalue weighted by atomic mass is 79.9. The third-order valence-corrected chi connectivity index (χ3v) is 2.31. The summed E-state index contributed by atoms with van der Waals surface area (Å²) in [6.07, 6.45) is 4.45. The molecule has 2 heterocycles. The van der Waals surface area contributed by atoms with Crippen molar-refractivity contribution in [1.82, 2.24) is 15.0 Å². The molecule has 0 amide bonds. The summed E-state index contributed by atoms with van der Waals surface area (Å²) >= 11 is 3.09. The first-order valence-electron chi connectivity index (χ1n) is 4.08. The zero-order valence-electron chi connectivity index (χ0n) is 7.48. The molecule has 0 aromatic carbocycles. The number of nitrogens with zero attached hydrogens (tertiary/aromatic N) is 2. The molecule has 2 rings (SSSR count).